The fraction of sp³-hybridized carbons (Fsp3) is 0.111. The van der Waals surface area contributed by atoms with Crippen LogP contribution in [0.4, 0.5) is 13.2 Å². The third-order valence-corrected chi connectivity index (χ3v) is 2.27. The molecule has 7 heteroatoms. The van der Waals surface area contributed by atoms with Crippen LogP contribution >= 0.6 is 0 Å². The van der Waals surface area contributed by atoms with Gasteiger partial charge in [0.15, 0.2) is 0 Å². The number of fused-ring (bicyclic) bond motifs is 3. The minimum Gasteiger partial charge on any atom is -0.255 e. The average Bonchev–Trinajstić information content (AvgIpc) is 2.73. The number of aromatic nitrogens is 4. The summed E-state index contributed by atoms with van der Waals surface area (Å²) in [4.78, 5) is 3.98. The van der Waals surface area contributed by atoms with Gasteiger partial charge < -0.3 is 0 Å². The molecule has 0 saturated carbocycles. The third kappa shape index (κ3) is 1.11. The number of halogens is 3. The number of alkyl halides is 3. The Hall–Kier alpha value is -2.05. The van der Waals surface area contributed by atoms with Crippen LogP contribution in [0.2, 0.25) is 0 Å². The summed E-state index contributed by atoms with van der Waals surface area (Å²) >= 11 is 0. The molecule has 0 saturated heterocycles. The molecule has 0 bridgehead atoms. The van der Waals surface area contributed by atoms with Crippen molar-refractivity contribution in [2.24, 2.45) is 0 Å². The molecule has 3 heterocycles. The van der Waals surface area contributed by atoms with E-state index in [-0.39, 0.29) is 0 Å². The second-order valence-corrected chi connectivity index (χ2v) is 3.28. The lowest BCUT2D eigenvalue weighted by Crippen LogP contribution is -2.37. The van der Waals surface area contributed by atoms with Gasteiger partial charge >= 0.3 is 11.9 Å². The molecule has 0 unspecified atom stereocenters. The highest BCUT2D eigenvalue weighted by Gasteiger charge is 2.40. The Kier molecular flexibility index (Phi) is 1.58. The minimum absolute atomic E-state index is 0.401. The highest BCUT2D eigenvalue weighted by Crippen LogP contribution is 2.26. The van der Waals surface area contributed by atoms with E-state index < -0.39 is 11.9 Å². The molecule has 0 atom stereocenters. The van der Waals surface area contributed by atoms with Crippen molar-refractivity contribution in [3.05, 3.63) is 36.3 Å². The molecular weight excluding hydrogens is 221 g/mol. The Bertz CT molecular complexity index is 664. The zero-order valence-electron chi connectivity index (χ0n) is 7.81. The topological polar surface area (TPSA) is 35.5 Å². The Morgan fingerprint density at radius 2 is 2.12 bits per heavy atom. The van der Waals surface area contributed by atoms with Crippen molar-refractivity contribution < 1.29 is 17.8 Å². The van der Waals surface area contributed by atoms with Crippen LogP contribution in [0.3, 0.4) is 0 Å². The summed E-state index contributed by atoms with van der Waals surface area (Å²) in [6.45, 7) is 0. The van der Waals surface area contributed by atoms with E-state index in [0.29, 0.717) is 11.2 Å². The Balaban J connectivity index is 2.43. The standard InChI is InChI=1S/C9H5F3N4/c10-9(11,12)7-3-5-15-8-6(14-16(7)15)2-1-4-13-8/h1-5H. The quantitative estimate of drug-likeness (QED) is 0.537. The van der Waals surface area contributed by atoms with Gasteiger partial charge in [-0.3, -0.25) is 4.98 Å². The fourth-order valence-electron chi connectivity index (χ4n) is 1.60. The first kappa shape index (κ1) is 9.20. The van der Waals surface area contributed by atoms with E-state index >= 15 is 0 Å². The van der Waals surface area contributed by atoms with Crippen LogP contribution in [0, 0.1) is 0 Å². The third-order valence-electron chi connectivity index (χ3n) is 2.27. The normalized spacial score (nSPS) is 12.7. The van der Waals surface area contributed by atoms with Gasteiger partial charge in [-0.2, -0.15) is 18.3 Å². The predicted octanol–water partition coefficient (Wildman–Crippen LogP) is 1.05. The number of rotatable bonds is 0. The summed E-state index contributed by atoms with van der Waals surface area (Å²) < 4.78 is 39.8. The molecule has 0 amide bonds. The van der Waals surface area contributed by atoms with Crippen LogP contribution < -0.4 is 9.73 Å². The monoisotopic (exact) mass is 226 g/mol. The Labute approximate surface area is 86.9 Å². The number of nitrogens with zero attached hydrogens (tertiary/aromatic N) is 4. The van der Waals surface area contributed by atoms with Crippen LogP contribution in [0.1, 0.15) is 5.69 Å². The summed E-state index contributed by atoms with van der Waals surface area (Å²) in [6.07, 6.45) is -1.61. The summed E-state index contributed by atoms with van der Waals surface area (Å²) in [5.74, 6) is 0. The molecule has 0 aromatic carbocycles. The van der Waals surface area contributed by atoms with Gasteiger partial charge in [-0.15, -0.1) is 4.63 Å². The SMILES string of the molecule is FC(F)(F)c1ccn2c3ncccc3[n-][n+]12. The van der Waals surface area contributed by atoms with Crippen molar-refractivity contribution in [2.75, 3.05) is 0 Å². The molecule has 0 spiro atoms. The summed E-state index contributed by atoms with van der Waals surface area (Å²) in [6, 6.07) is 4.21. The first-order valence-electron chi connectivity index (χ1n) is 4.46. The lowest BCUT2D eigenvalue weighted by Gasteiger charge is -1.97. The maximum Gasteiger partial charge on any atom is 0.479 e. The van der Waals surface area contributed by atoms with Crippen LogP contribution in [-0.2, 0) is 6.18 Å². The van der Waals surface area contributed by atoms with E-state index in [9.17, 15) is 13.2 Å². The van der Waals surface area contributed by atoms with Crippen LogP contribution in [0.15, 0.2) is 30.6 Å². The number of hydrogen-bond donors (Lipinski definition) is 0. The zero-order chi connectivity index (χ0) is 11.3. The van der Waals surface area contributed by atoms with Crippen molar-refractivity contribution in [1.82, 2.24) is 14.6 Å². The maximum absolute atomic E-state index is 12.6. The second-order valence-electron chi connectivity index (χ2n) is 3.28. The lowest BCUT2D eigenvalue weighted by molar-refractivity contribution is -0.692. The van der Waals surface area contributed by atoms with Crippen molar-refractivity contribution in [1.29, 1.82) is 0 Å². The Morgan fingerprint density at radius 1 is 1.31 bits per heavy atom. The number of pyridine rings is 1. The second kappa shape index (κ2) is 2.75. The minimum atomic E-state index is -4.42. The summed E-state index contributed by atoms with van der Waals surface area (Å²) in [5, 5.41) is 3.84. The first-order chi connectivity index (χ1) is 7.57. The van der Waals surface area contributed by atoms with Crippen molar-refractivity contribution >= 4 is 11.2 Å². The average molecular weight is 226 g/mol. The van der Waals surface area contributed by atoms with E-state index in [2.05, 4.69) is 10.1 Å². The van der Waals surface area contributed by atoms with Crippen molar-refractivity contribution in [2.45, 2.75) is 6.18 Å². The molecule has 0 N–H and O–H groups in total. The molecule has 0 aliphatic heterocycles. The molecule has 4 nitrogen and oxygen atoms in total. The summed E-state index contributed by atoms with van der Waals surface area (Å²) in [5.41, 5.74) is 0.0112. The van der Waals surface area contributed by atoms with Crippen LogP contribution in [-0.4, -0.2) is 9.50 Å². The highest BCUT2D eigenvalue weighted by molar-refractivity contribution is 5.67. The molecule has 3 aromatic rings. The van der Waals surface area contributed by atoms with E-state index in [4.69, 9.17) is 0 Å². The first-order valence-corrected chi connectivity index (χ1v) is 4.46. The van der Waals surface area contributed by atoms with Gasteiger partial charge in [0.1, 0.15) is 5.65 Å². The molecule has 0 aliphatic rings. The molecule has 3 aromatic heterocycles. The highest BCUT2D eigenvalue weighted by atomic mass is 19.4. The molecule has 3 rings (SSSR count). The molecule has 0 aliphatic carbocycles. The summed E-state index contributed by atoms with van der Waals surface area (Å²) in [7, 11) is 0. The van der Waals surface area contributed by atoms with Gasteiger partial charge in [0.2, 0.25) is 0 Å². The predicted molar refractivity (Wildman–Crippen MR) is 46.7 cm³/mol. The van der Waals surface area contributed by atoms with E-state index in [1.165, 1.54) is 16.9 Å². The van der Waals surface area contributed by atoms with Crippen LogP contribution in [0.5, 0.6) is 0 Å². The molecule has 82 valence electrons. The zero-order valence-corrected chi connectivity index (χ0v) is 7.81. The van der Waals surface area contributed by atoms with E-state index in [0.717, 1.165) is 10.7 Å². The van der Waals surface area contributed by atoms with Crippen molar-refractivity contribution in [3.63, 3.8) is 0 Å². The molecule has 0 fully saturated rings. The van der Waals surface area contributed by atoms with Gasteiger partial charge in [0.05, 0.1) is 0 Å². The fourth-order valence-corrected chi connectivity index (χ4v) is 1.60. The smallest absolute Gasteiger partial charge is 0.255 e. The van der Waals surface area contributed by atoms with Gasteiger partial charge in [-0.05, 0) is 12.3 Å². The van der Waals surface area contributed by atoms with Gasteiger partial charge in [0.25, 0.3) is 0 Å². The Morgan fingerprint density at radius 3 is 2.88 bits per heavy atom. The molecule has 0 radical (unpaired) electrons. The van der Waals surface area contributed by atoms with Crippen molar-refractivity contribution in [3.8, 4) is 0 Å². The van der Waals surface area contributed by atoms with Gasteiger partial charge in [-0.1, -0.05) is 6.07 Å². The van der Waals surface area contributed by atoms with Crippen LogP contribution in [0.25, 0.3) is 11.2 Å². The molecule has 16 heavy (non-hydrogen) atoms. The van der Waals surface area contributed by atoms with E-state index in [1.807, 2.05) is 0 Å². The molecular formula is C9H5F3N4. The van der Waals surface area contributed by atoms with Gasteiger partial charge in [-0.25, -0.2) is 4.52 Å². The lowest BCUT2D eigenvalue weighted by atomic mass is 10.4. The number of hydrogen-bond acceptors (Lipinski definition) is 1. The van der Waals surface area contributed by atoms with E-state index in [1.54, 1.807) is 12.1 Å². The maximum atomic E-state index is 12.6. The largest absolute Gasteiger partial charge is 0.479 e. The van der Waals surface area contributed by atoms with Gasteiger partial charge in [0, 0.05) is 17.8 Å².